The fraction of sp³-hybridized carbons (Fsp3) is 0.381. The van der Waals surface area contributed by atoms with E-state index in [0.717, 1.165) is 22.2 Å². The van der Waals surface area contributed by atoms with E-state index in [1.54, 1.807) is 20.3 Å². The summed E-state index contributed by atoms with van der Waals surface area (Å²) in [6, 6.07) is 12.1. The zero-order valence-corrected chi connectivity index (χ0v) is 19.6. The first kappa shape index (κ1) is 21.5. The van der Waals surface area contributed by atoms with Crippen LogP contribution in [0.3, 0.4) is 0 Å². The topological polar surface area (TPSA) is 44.8 Å². The molecule has 0 spiro atoms. The van der Waals surface area contributed by atoms with E-state index in [1.165, 1.54) is 4.46 Å². The van der Waals surface area contributed by atoms with Gasteiger partial charge < -0.3 is 0 Å². The van der Waals surface area contributed by atoms with Gasteiger partial charge in [0, 0.05) is 0 Å². The Morgan fingerprint density at radius 2 is 1.67 bits per heavy atom. The molecule has 2 rings (SSSR count). The van der Waals surface area contributed by atoms with Crippen molar-refractivity contribution in [2.24, 2.45) is 0 Å². The van der Waals surface area contributed by atoms with Gasteiger partial charge >= 0.3 is 169 Å². The first-order chi connectivity index (χ1) is 12.8. The van der Waals surface area contributed by atoms with E-state index in [9.17, 15) is 4.79 Å². The van der Waals surface area contributed by atoms with E-state index < -0.39 is 8.07 Å². The number of benzene rings is 2. The first-order valence-electron chi connectivity index (χ1n) is 8.86. The quantitative estimate of drug-likeness (QED) is 0.455. The second-order valence-corrected chi connectivity index (χ2v) is 15.1. The molecule has 6 heteroatoms. The van der Waals surface area contributed by atoms with Crippen molar-refractivity contribution in [2.45, 2.75) is 31.9 Å². The van der Waals surface area contributed by atoms with Crippen LogP contribution in [0, 0.1) is 6.92 Å². The van der Waals surface area contributed by atoms with Gasteiger partial charge in [-0.15, -0.1) is 0 Å². The summed E-state index contributed by atoms with van der Waals surface area (Å²) < 4.78 is 18.0. The Hall–Kier alpha value is -1.75. The molecule has 0 aliphatic rings. The summed E-state index contributed by atoms with van der Waals surface area (Å²) in [5, 5.41) is 0.772. The summed E-state index contributed by atoms with van der Waals surface area (Å²) in [6.45, 7) is 8.52. The molecule has 0 atom stereocenters. The number of methoxy groups -OCH3 is 2. The minimum atomic E-state index is -1.51. The molecule has 27 heavy (non-hydrogen) atoms. The van der Waals surface area contributed by atoms with Gasteiger partial charge in [0.25, 0.3) is 0 Å². The fourth-order valence-corrected chi connectivity index (χ4v) is 5.30. The van der Waals surface area contributed by atoms with Gasteiger partial charge in [-0.05, 0) is 0 Å². The monoisotopic (exact) mass is 452 g/mol. The molecule has 0 heterocycles. The minimum absolute atomic E-state index is 0.192. The molecule has 0 N–H and O–H groups in total. The molecule has 146 valence electrons. The van der Waals surface area contributed by atoms with Crippen molar-refractivity contribution in [3.63, 3.8) is 0 Å². The summed E-state index contributed by atoms with van der Waals surface area (Å²) in [5.74, 6) is 0.934. The average molecular weight is 451 g/mol. The third-order valence-corrected chi connectivity index (χ3v) is 7.23. The normalized spacial score (nSPS) is 11.2. The van der Waals surface area contributed by atoms with Crippen LogP contribution >= 0.6 is 0 Å². The summed E-state index contributed by atoms with van der Waals surface area (Å²) >= 11 is 0.192. The Bertz CT molecular complexity index is 785. The predicted octanol–water partition coefficient (Wildman–Crippen LogP) is 3.58. The molecule has 0 unspecified atom stereocenters. The SMILES string of the molecule is COc1cc(OC)c(C(=O)OC[Si](C)(C)C)c(C[Se]c2ccccc2)c1C. The Morgan fingerprint density at radius 3 is 2.22 bits per heavy atom. The molecule has 0 fully saturated rings. The van der Waals surface area contributed by atoms with E-state index >= 15 is 0 Å². The molecule has 0 saturated heterocycles. The van der Waals surface area contributed by atoms with Gasteiger partial charge in [-0.2, -0.15) is 0 Å². The van der Waals surface area contributed by atoms with Crippen molar-refractivity contribution in [2.75, 3.05) is 20.4 Å². The third-order valence-electron chi connectivity index (χ3n) is 4.04. The van der Waals surface area contributed by atoms with Crippen molar-refractivity contribution in [3.05, 3.63) is 53.1 Å². The van der Waals surface area contributed by atoms with Crippen LogP contribution in [0.4, 0.5) is 0 Å². The Balaban J connectivity index is 2.42. The van der Waals surface area contributed by atoms with Gasteiger partial charge in [0.2, 0.25) is 0 Å². The van der Waals surface area contributed by atoms with Crippen LogP contribution in [-0.2, 0) is 10.1 Å². The maximum absolute atomic E-state index is 12.9. The summed E-state index contributed by atoms with van der Waals surface area (Å²) in [5.41, 5.74) is 2.46. The number of esters is 1. The van der Waals surface area contributed by atoms with Gasteiger partial charge in [-0.1, -0.05) is 0 Å². The molecule has 0 aliphatic carbocycles. The number of ether oxygens (including phenoxy) is 3. The first-order valence-corrected chi connectivity index (χ1v) is 14.6. The Kier molecular flexibility index (Phi) is 7.54. The van der Waals surface area contributed by atoms with E-state index in [-0.39, 0.29) is 20.9 Å². The van der Waals surface area contributed by atoms with Crippen molar-refractivity contribution in [1.29, 1.82) is 0 Å². The molecule has 0 bridgehead atoms. The fourth-order valence-electron chi connectivity index (χ4n) is 2.59. The Labute approximate surface area is 169 Å². The van der Waals surface area contributed by atoms with Crippen molar-refractivity contribution in [3.8, 4) is 11.5 Å². The van der Waals surface area contributed by atoms with Gasteiger partial charge in [0.15, 0.2) is 0 Å². The van der Waals surface area contributed by atoms with Gasteiger partial charge in [-0.25, -0.2) is 0 Å². The molecule has 0 amide bonds. The van der Waals surface area contributed by atoms with Crippen molar-refractivity contribution in [1.82, 2.24) is 0 Å². The van der Waals surface area contributed by atoms with E-state index in [1.807, 2.05) is 25.1 Å². The number of carbonyl (C=O) groups is 1. The second-order valence-electron chi connectivity index (χ2n) is 7.50. The summed E-state index contributed by atoms with van der Waals surface area (Å²) in [7, 11) is 1.71. The van der Waals surface area contributed by atoms with Crippen LogP contribution in [0.2, 0.25) is 19.6 Å². The Morgan fingerprint density at radius 1 is 1.04 bits per heavy atom. The van der Waals surface area contributed by atoms with Crippen LogP contribution in [-0.4, -0.2) is 49.4 Å². The molecule has 0 saturated carbocycles. The van der Waals surface area contributed by atoms with Crippen molar-refractivity contribution >= 4 is 33.5 Å². The molecule has 0 aromatic heterocycles. The maximum atomic E-state index is 12.9. The van der Waals surface area contributed by atoms with Crippen LogP contribution < -0.4 is 13.9 Å². The number of hydrogen-bond acceptors (Lipinski definition) is 4. The van der Waals surface area contributed by atoms with Gasteiger partial charge in [0.1, 0.15) is 0 Å². The summed E-state index contributed by atoms with van der Waals surface area (Å²) in [4.78, 5) is 12.9. The average Bonchev–Trinajstić information content (AvgIpc) is 2.65. The van der Waals surface area contributed by atoms with Crippen LogP contribution in [0.15, 0.2) is 36.4 Å². The molecule has 2 aromatic carbocycles. The van der Waals surface area contributed by atoms with Gasteiger partial charge in [0.05, 0.1) is 0 Å². The molecule has 0 radical (unpaired) electrons. The van der Waals surface area contributed by atoms with E-state index in [4.69, 9.17) is 14.2 Å². The van der Waals surface area contributed by atoms with Gasteiger partial charge in [-0.3, -0.25) is 0 Å². The summed E-state index contributed by atoms with van der Waals surface area (Å²) in [6.07, 6.45) is 0.489. The number of rotatable bonds is 8. The molecular weight excluding hydrogens is 423 g/mol. The second kappa shape index (κ2) is 9.44. The zero-order valence-electron chi connectivity index (χ0n) is 16.9. The van der Waals surface area contributed by atoms with Crippen LogP contribution in [0.5, 0.6) is 11.5 Å². The van der Waals surface area contributed by atoms with Crippen LogP contribution in [0.25, 0.3) is 0 Å². The molecule has 2 aromatic rings. The number of hydrogen-bond donors (Lipinski definition) is 0. The predicted molar refractivity (Wildman–Crippen MR) is 113 cm³/mol. The molecule has 0 aliphatic heterocycles. The molecular formula is C21H28O4SeSi. The molecule has 4 nitrogen and oxygen atoms in total. The third kappa shape index (κ3) is 5.86. The van der Waals surface area contributed by atoms with E-state index in [2.05, 4.69) is 31.8 Å². The number of carbonyl (C=O) groups excluding carboxylic acids is 1. The van der Waals surface area contributed by atoms with E-state index in [0.29, 0.717) is 17.5 Å². The van der Waals surface area contributed by atoms with Crippen molar-refractivity contribution < 1.29 is 19.0 Å². The standard InChI is InChI=1S/C21H28O4SeSi/c1-15-17(13-26-16-10-8-7-9-11-16)20(19(24-3)12-18(15)23-2)21(22)25-14-27(4,5)6/h7-12H,13-14H2,1-6H3. The zero-order chi connectivity index (χ0) is 20.0. The van der Waals surface area contributed by atoms with Crippen LogP contribution in [0.1, 0.15) is 21.5 Å².